The van der Waals surface area contributed by atoms with Crippen molar-refractivity contribution >= 4 is 39.1 Å². The molecule has 1 aliphatic rings. The summed E-state index contributed by atoms with van der Waals surface area (Å²) in [6.45, 7) is 0. The molecule has 3 aromatic rings. The highest BCUT2D eigenvalue weighted by molar-refractivity contribution is 7.14. The van der Waals surface area contributed by atoms with Crippen LogP contribution in [0.15, 0.2) is 47.8 Å². The van der Waals surface area contributed by atoms with E-state index in [4.69, 9.17) is 0 Å². The lowest BCUT2D eigenvalue weighted by Crippen LogP contribution is -2.37. The number of nitrogens with one attached hydrogen (secondary N) is 2. The van der Waals surface area contributed by atoms with E-state index in [0.717, 1.165) is 16.6 Å². The van der Waals surface area contributed by atoms with Gasteiger partial charge in [-0.3, -0.25) is 9.59 Å². The van der Waals surface area contributed by atoms with Crippen molar-refractivity contribution in [2.45, 2.75) is 18.9 Å². The number of nitrogens with zero attached hydrogens (tertiary/aromatic N) is 1. The summed E-state index contributed by atoms with van der Waals surface area (Å²) < 4.78 is 0. The fourth-order valence-electron chi connectivity index (χ4n) is 2.82. The van der Waals surface area contributed by atoms with Crippen molar-refractivity contribution in [2.24, 2.45) is 0 Å². The third-order valence-electron chi connectivity index (χ3n) is 4.09. The Morgan fingerprint density at radius 1 is 1.21 bits per heavy atom. The van der Waals surface area contributed by atoms with Crippen LogP contribution in [0, 0.1) is 0 Å². The number of carbonyl (C=O) groups excluding carboxylic acids is 2. The van der Waals surface area contributed by atoms with Crippen molar-refractivity contribution in [3.05, 3.63) is 47.8 Å². The molecule has 4 rings (SSSR count). The van der Waals surface area contributed by atoms with Crippen LogP contribution >= 0.6 is 11.3 Å². The smallest absolute Gasteiger partial charge is 0.248 e. The average Bonchev–Trinajstić information content (AvgIpc) is 3.23. The molecule has 5 nitrogen and oxygen atoms in total. The maximum atomic E-state index is 12.1. The summed E-state index contributed by atoms with van der Waals surface area (Å²) in [5, 5.41) is 10.3. The molecule has 0 spiro atoms. The molecule has 1 atom stereocenters. The number of hydrogen-bond acceptors (Lipinski definition) is 4. The first-order chi connectivity index (χ1) is 11.7. The topological polar surface area (TPSA) is 71.1 Å². The van der Waals surface area contributed by atoms with E-state index in [9.17, 15) is 9.59 Å². The first kappa shape index (κ1) is 14.8. The molecule has 1 aromatic heterocycles. The number of aromatic nitrogens is 1. The van der Waals surface area contributed by atoms with E-state index in [1.807, 2.05) is 23.6 Å². The first-order valence-corrected chi connectivity index (χ1v) is 8.62. The largest absolute Gasteiger partial charge is 0.344 e. The van der Waals surface area contributed by atoms with Crippen LogP contribution in [0.2, 0.25) is 0 Å². The summed E-state index contributed by atoms with van der Waals surface area (Å²) in [7, 11) is 0. The van der Waals surface area contributed by atoms with Gasteiger partial charge in [-0.15, -0.1) is 11.3 Å². The number of thiazole rings is 1. The first-order valence-electron chi connectivity index (χ1n) is 7.74. The van der Waals surface area contributed by atoms with Gasteiger partial charge in [-0.2, -0.15) is 0 Å². The predicted molar refractivity (Wildman–Crippen MR) is 94.9 cm³/mol. The number of benzene rings is 2. The number of carbonyl (C=O) groups is 2. The van der Waals surface area contributed by atoms with Crippen molar-refractivity contribution in [2.75, 3.05) is 5.32 Å². The van der Waals surface area contributed by atoms with Crippen LogP contribution in [-0.2, 0) is 9.59 Å². The van der Waals surface area contributed by atoms with Gasteiger partial charge in [0, 0.05) is 17.4 Å². The van der Waals surface area contributed by atoms with Gasteiger partial charge in [-0.05, 0) is 23.3 Å². The minimum absolute atomic E-state index is 0.0776. The number of hydrogen-bond donors (Lipinski definition) is 2. The molecule has 2 N–H and O–H groups in total. The van der Waals surface area contributed by atoms with Crippen LogP contribution < -0.4 is 10.6 Å². The van der Waals surface area contributed by atoms with Crippen molar-refractivity contribution in [3.8, 4) is 11.3 Å². The van der Waals surface area contributed by atoms with Gasteiger partial charge < -0.3 is 10.6 Å². The molecule has 1 saturated heterocycles. The van der Waals surface area contributed by atoms with Gasteiger partial charge in [0.1, 0.15) is 6.04 Å². The summed E-state index contributed by atoms with van der Waals surface area (Å²) in [6, 6.07) is 13.9. The van der Waals surface area contributed by atoms with Gasteiger partial charge in [0.15, 0.2) is 5.13 Å². The Morgan fingerprint density at radius 3 is 2.83 bits per heavy atom. The minimum atomic E-state index is -0.453. The molecule has 0 saturated carbocycles. The molecule has 1 aliphatic heterocycles. The van der Waals surface area contributed by atoms with Gasteiger partial charge in [0.25, 0.3) is 0 Å². The number of rotatable bonds is 3. The van der Waals surface area contributed by atoms with E-state index < -0.39 is 6.04 Å². The summed E-state index contributed by atoms with van der Waals surface area (Å²) in [4.78, 5) is 27.8. The molecule has 1 unspecified atom stereocenters. The Kier molecular flexibility index (Phi) is 3.74. The van der Waals surface area contributed by atoms with Gasteiger partial charge in [-0.25, -0.2) is 4.98 Å². The highest BCUT2D eigenvalue weighted by Crippen LogP contribution is 2.28. The molecule has 2 heterocycles. The Hall–Kier alpha value is -2.73. The molecule has 0 aliphatic carbocycles. The molecule has 2 aromatic carbocycles. The Morgan fingerprint density at radius 2 is 2.04 bits per heavy atom. The Labute approximate surface area is 142 Å². The summed E-state index contributed by atoms with van der Waals surface area (Å²) >= 11 is 1.38. The van der Waals surface area contributed by atoms with E-state index in [1.54, 1.807) is 0 Å². The zero-order valence-corrected chi connectivity index (χ0v) is 13.6. The molecule has 6 heteroatoms. The van der Waals surface area contributed by atoms with E-state index in [2.05, 4.69) is 39.9 Å². The van der Waals surface area contributed by atoms with Crippen LogP contribution in [0.3, 0.4) is 0 Å². The van der Waals surface area contributed by atoms with E-state index in [0.29, 0.717) is 18.0 Å². The lowest BCUT2D eigenvalue weighted by molar-refractivity contribution is -0.122. The second kappa shape index (κ2) is 6.05. The quantitative estimate of drug-likeness (QED) is 0.771. The van der Waals surface area contributed by atoms with Crippen molar-refractivity contribution in [1.29, 1.82) is 0 Å². The van der Waals surface area contributed by atoms with Crippen LogP contribution in [-0.4, -0.2) is 22.8 Å². The molecule has 120 valence electrons. The normalized spacial score (nSPS) is 17.0. The van der Waals surface area contributed by atoms with Gasteiger partial charge in [0.05, 0.1) is 5.69 Å². The standard InChI is InChI=1S/C18H15N3O2S/c22-16-8-7-14(19-16)17(23)21-18-20-15(10-24-18)13-6-5-11-3-1-2-4-12(11)9-13/h1-6,9-10,14H,7-8H2,(H,19,22)(H,20,21,23). The summed E-state index contributed by atoms with van der Waals surface area (Å²) in [5.41, 5.74) is 1.84. The highest BCUT2D eigenvalue weighted by Gasteiger charge is 2.27. The molecule has 24 heavy (non-hydrogen) atoms. The van der Waals surface area contributed by atoms with E-state index >= 15 is 0 Å². The van der Waals surface area contributed by atoms with Gasteiger partial charge >= 0.3 is 0 Å². The van der Waals surface area contributed by atoms with Gasteiger partial charge in [-0.1, -0.05) is 36.4 Å². The lowest BCUT2D eigenvalue weighted by Gasteiger charge is -2.08. The fraction of sp³-hybridized carbons (Fsp3) is 0.167. The van der Waals surface area contributed by atoms with Gasteiger partial charge in [0.2, 0.25) is 11.8 Å². The average molecular weight is 337 g/mol. The Balaban J connectivity index is 1.53. The van der Waals surface area contributed by atoms with Crippen LogP contribution in [0.1, 0.15) is 12.8 Å². The van der Waals surface area contributed by atoms with Crippen molar-refractivity contribution in [3.63, 3.8) is 0 Å². The minimum Gasteiger partial charge on any atom is -0.344 e. The third-order valence-corrected chi connectivity index (χ3v) is 4.85. The summed E-state index contributed by atoms with van der Waals surface area (Å²) in [6.07, 6.45) is 0.936. The molecule has 1 fully saturated rings. The van der Waals surface area contributed by atoms with Crippen molar-refractivity contribution in [1.82, 2.24) is 10.3 Å². The second-order valence-electron chi connectivity index (χ2n) is 5.75. The van der Waals surface area contributed by atoms with E-state index in [1.165, 1.54) is 16.7 Å². The highest BCUT2D eigenvalue weighted by atomic mass is 32.1. The van der Waals surface area contributed by atoms with E-state index in [-0.39, 0.29) is 11.8 Å². The molecular weight excluding hydrogens is 322 g/mol. The monoisotopic (exact) mass is 337 g/mol. The zero-order valence-electron chi connectivity index (χ0n) is 12.8. The lowest BCUT2D eigenvalue weighted by atomic mass is 10.1. The Bertz CT molecular complexity index is 935. The third kappa shape index (κ3) is 2.88. The fourth-order valence-corrected chi connectivity index (χ4v) is 3.54. The van der Waals surface area contributed by atoms with Crippen LogP contribution in [0.4, 0.5) is 5.13 Å². The molecular formula is C18H15N3O2S. The second-order valence-corrected chi connectivity index (χ2v) is 6.61. The van der Waals surface area contributed by atoms with Crippen LogP contribution in [0.25, 0.3) is 22.0 Å². The van der Waals surface area contributed by atoms with Crippen LogP contribution in [0.5, 0.6) is 0 Å². The number of fused-ring (bicyclic) bond motifs is 1. The molecule has 2 amide bonds. The maximum absolute atomic E-state index is 12.1. The van der Waals surface area contributed by atoms with Crippen molar-refractivity contribution < 1.29 is 9.59 Å². The number of anilines is 1. The maximum Gasteiger partial charge on any atom is 0.248 e. The number of amides is 2. The predicted octanol–water partition coefficient (Wildman–Crippen LogP) is 3.18. The summed E-state index contributed by atoms with van der Waals surface area (Å²) in [5.74, 6) is -0.286. The molecule has 0 bridgehead atoms. The zero-order chi connectivity index (χ0) is 16.5. The molecule has 0 radical (unpaired) electrons. The SMILES string of the molecule is O=C1CCC(C(=O)Nc2nc(-c3ccc4ccccc4c3)cs2)N1.